The molecule has 1 heterocycles. The predicted molar refractivity (Wildman–Crippen MR) is 81.6 cm³/mol. The predicted octanol–water partition coefficient (Wildman–Crippen LogP) is 5.25. The lowest BCUT2D eigenvalue weighted by atomic mass is 10.0. The van der Waals surface area contributed by atoms with Gasteiger partial charge in [-0.05, 0) is 46.7 Å². The van der Waals surface area contributed by atoms with Crippen LogP contribution in [0, 0.1) is 11.6 Å². The van der Waals surface area contributed by atoms with Crippen LogP contribution in [-0.2, 0) is 0 Å². The highest BCUT2D eigenvalue weighted by molar-refractivity contribution is 9.11. The zero-order valence-electron chi connectivity index (χ0n) is 10.0. The Hall–Kier alpha value is -0.300. The molecule has 0 saturated carbocycles. The van der Waals surface area contributed by atoms with Gasteiger partial charge in [-0.3, -0.25) is 0 Å². The molecular weight excluding hydrogens is 400 g/mol. The molecule has 0 aliphatic heterocycles. The highest BCUT2D eigenvalue weighted by atomic mass is 79.9. The van der Waals surface area contributed by atoms with E-state index in [2.05, 4.69) is 37.2 Å². The molecule has 1 nitrogen and oxygen atoms in total. The molecule has 0 aliphatic carbocycles. The first-order valence-electron chi connectivity index (χ1n) is 5.66. The largest absolute Gasteiger partial charge is 0.306 e. The third kappa shape index (κ3) is 3.42. The lowest BCUT2D eigenvalue weighted by Gasteiger charge is -2.18. The second-order valence-corrected chi connectivity index (χ2v) is 7.33. The molecule has 0 spiro atoms. The van der Waals surface area contributed by atoms with E-state index in [9.17, 15) is 8.78 Å². The van der Waals surface area contributed by atoms with Crippen LogP contribution in [0.4, 0.5) is 8.78 Å². The van der Waals surface area contributed by atoms with Crippen LogP contribution in [0.1, 0.15) is 23.4 Å². The van der Waals surface area contributed by atoms with Gasteiger partial charge in [0.2, 0.25) is 0 Å². The number of nitrogens with one attached hydrogen (secondary N) is 1. The molecular formula is C13H11Br2F2NS. The second kappa shape index (κ2) is 6.43. The summed E-state index contributed by atoms with van der Waals surface area (Å²) in [5, 5.41) is 3.12. The summed E-state index contributed by atoms with van der Waals surface area (Å²) in [6.45, 7) is 2.53. The highest BCUT2D eigenvalue weighted by Crippen LogP contribution is 2.34. The van der Waals surface area contributed by atoms with Crippen LogP contribution in [0.5, 0.6) is 0 Å². The van der Waals surface area contributed by atoms with Gasteiger partial charge >= 0.3 is 0 Å². The SMILES string of the molecule is CCNC(c1ccc(Br)s1)c1c(F)cc(Br)cc1F. The third-order valence-electron chi connectivity index (χ3n) is 2.62. The Balaban J connectivity index is 2.51. The van der Waals surface area contributed by atoms with Crippen molar-refractivity contribution in [1.82, 2.24) is 5.32 Å². The van der Waals surface area contributed by atoms with Crippen LogP contribution in [-0.4, -0.2) is 6.54 Å². The Bertz CT molecular complexity index is 563. The summed E-state index contributed by atoms with van der Waals surface area (Å²) in [6, 6.07) is 5.83. The standard InChI is InChI=1S/C13H11Br2F2NS/c1-2-18-13(10-3-4-11(15)19-10)12-8(16)5-7(14)6-9(12)17/h3-6,13,18H,2H2,1H3. The lowest BCUT2D eigenvalue weighted by Crippen LogP contribution is -2.23. The molecule has 0 aliphatic rings. The van der Waals surface area contributed by atoms with Crippen molar-refractivity contribution in [2.75, 3.05) is 6.54 Å². The van der Waals surface area contributed by atoms with Crippen LogP contribution in [0.3, 0.4) is 0 Å². The van der Waals surface area contributed by atoms with Gasteiger partial charge < -0.3 is 5.32 Å². The van der Waals surface area contributed by atoms with Crippen molar-refractivity contribution in [2.24, 2.45) is 0 Å². The summed E-state index contributed by atoms with van der Waals surface area (Å²) in [5.74, 6) is -1.11. The summed E-state index contributed by atoms with van der Waals surface area (Å²) in [5.41, 5.74) is 0.0550. The van der Waals surface area contributed by atoms with E-state index in [-0.39, 0.29) is 5.56 Å². The van der Waals surface area contributed by atoms with Crippen LogP contribution in [0.2, 0.25) is 0 Å². The number of hydrogen-bond donors (Lipinski definition) is 1. The van der Waals surface area contributed by atoms with E-state index in [1.165, 1.54) is 23.5 Å². The van der Waals surface area contributed by atoms with E-state index in [0.717, 1.165) is 8.66 Å². The minimum absolute atomic E-state index is 0.0550. The van der Waals surface area contributed by atoms with Gasteiger partial charge in [0.25, 0.3) is 0 Å². The third-order valence-corrected chi connectivity index (χ3v) is 4.77. The second-order valence-electron chi connectivity index (χ2n) is 3.92. The molecule has 0 bridgehead atoms. The molecule has 0 radical (unpaired) electrons. The molecule has 1 unspecified atom stereocenters. The van der Waals surface area contributed by atoms with Crippen molar-refractivity contribution in [3.05, 3.63) is 54.6 Å². The van der Waals surface area contributed by atoms with Crippen LogP contribution in [0.15, 0.2) is 32.5 Å². The van der Waals surface area contributed by atoms with E-state index in [0.29, 0.717) is 11.0 Å². The fourth-order valence-corrected chi connectivity index (χ4v) is 3.77. The number of rotatable bonds is 4. The van der Waals surface area contributed by atoms with Gasteiger partial charge in [-0.25, -0.2) is 8.78 Å². The van der Waals surface area contributed by atoms with Gasteiger partial charge in [0.15, 0.2) is 0 Å². The Morgan fingerprint density at radius 2 is 1.84 bits per heavy atom. The van der Waals surface area contributed by atoms with Crippen LogP contribution >= 0.6 is 43.2 Å². The number of benzene rings is 1. The molecule has 6 heteroatoms. The smallest absolute Gasteiger partial charge is 0.132 e. The first kappa shape index (κ1) is 15.1. The van der Waals surface area contributed by atoms with Crippen molar-refractivity contribution in [3.8, 4) is 0 Å². The fraction of sp³-hybridized carbons (Fsp3) is 0.231. The van der Waals surface area contributed by atoms with Gasteiger partial charge in [0.05, 0.1) is 9.83 Å². The first-order valence-corrected chi connectivity index (χ1v) is 8.06. The maximum absolute atomic E-state index is 14.1. The minimum Gasteiger partial charge on any atom is -0.306 e. The Morgan fingerprint density at radius 3 is 2.32 bits per heavy atom. The average molecular weight is 411 g/mol. The molecule has 1 aromatic carbocycles. The van der Waals surface area contributed by atoms with Crippen molar-refractivity contribution in [3.63, 3.8) is 0 Å². The molecule has 102 valence electrons. The number of halogens is 4. The van der Waals surface area contributed by atoms with E-state index < -0.39 is 17.7 Å². The summed E-state index contributed by atoms with van der Waals surface area (Å²) >= 11 is 7.92. The minimum atomic E-state index is -0.553. The molecule has 1 atom stereocenters. The Labute approximate surface area is 131 Å². The van der Waals surface area contributed by atoms with Gasteiger partial charge in [0.1, 0.15) is 11.6 Å². The fourth-order valence-electron chi connectivity index (χ4n) is 1.86. The van der Waals surface area contributed by atoms with Crippen molar-refractivity contribution in [2.45, 2.75) is 13.0 Å². The molecule has 0 amide bonds. The molecule has 19 heavy (non-hydrogen) atoms. The number of hydrogen-bond acceptors (Lipinski definition) is 2. The van der Waals surface area contributed by atoms with E-state index >= 15 is 0 Å². The molecule has 1 aromatic heterocycles. The van der Waals surface area contributed by atoms with Crippen LogP contribution in [0.25, 0.3) is 0 Å². The van der Waals surface area contributed by atoms with Gasteiger partial charge in [-0.1, -0.05) is 22.9 Å². The quantitative estimate of drug-likeness (QED) is 0.725. The van der Waals surface area contributed by atoms with Gasteiger partial charge in [0, 0.05) is 14.9 Å². The van der Waals surface area contributed by atoms with E-state index in [4.69, 9.17) is 0 Å². The summed E-state index contributed by atoms with van der Waals surface area (Å²) in [6.07, 6.45) is 0. The van der Waals surface area contributed by atoms with E-state index in [1.807, 2.05) is 19.1 Å². The van der Waals surface area contributed by atoms with Crippen LogP contribution < -0.4 is 5.32 Å². The summed E-state index contributed by atoms with van der Waals surface area (Å²) < 4.78 is 29.5. The molecule has 2 rings (SSSR count). The van der Waals surface area contributed by atoms with Gasteiger partial charge in [-0.15, -0.1) is 11.3 Å². The lowest BCUT2D eigenvalue weighted by molar-refractivity contribution is 0.512. The topological polar surface area (TPSA) is 12.0 Å². The highest BCUT2D eigenvalue weighted by Gasteiger charge is 2.23. The molecule has 0 saturated heterocycles. The van der Waals surface area contributed by atoms with Gasteiger partial charge in [-0.2, -0.15) is 0 Å². The normalized spacial score (nSPS) is 12.7. The summed E-state index contributed by atoms with van der Waals surface area (Å²) in [7, 11) is 0. The molecule has 2 aromatic rings. The van der Waals surface area contributed by atoms with Crippen molar-refractivity contribution < 1.29 is 8.78 Å². The maximum Gasteiger partial charge on any atom is 0.132 e. The monoisotopic (exact) mass is 409 g/mol. The zero-order chi connectivity index (χ0) is 14.0. The molecule has 1 N–H and O–H groups in total. The van der Waals surface area contributed by atoms with Crippen molar-refractivity contribution >= 4 is 43.2 Å². The summed E-state index contributed by atoms with van der Waals surface area (Å²) in [4.78, 5) is 0.869. The Morgan fingerprint density at radius 1 is 1.21 bits per heavy atom. The van der Waals surface area contributed by atoms with Crippen molar-refractivity contribution in [1.29, 1.82) is 0 Å². The Kier molecular flexibility index (Phi) is 5.11. The maximum atomic E-state index is 14.1. The number of thiophene rings is 1. The first-order chi connectivity index (χ1) is 9.02. The zero-order valence-corrected chi connectivity index (χ0v) is 14.0. The average Bonchev–Trinajstić information content (AvgIpc) is 2.73. The molecule has 0 fully saturated rings. The van der Waals surface area contributed by atoms with E-state index in [1.54, 1.807) is 0 Å².